The average Bonchev–Trinajstić information content (AvgIpc) is 2.45. The van der Waals surface area contributed by atoms with Crippen LogP contribution < -0.4 is 9.47 Å². The summed E-state index contributed by atoms with van der Waals surface area (Å²) < 4.78 is 45.4. The highest BCUT2D eigenvalue weighted by atomic mass is 19.4. The van der Waals surface area contributed by atoms with Gasteiger partial charge >= 0.3 is 6.36 Å². The van der Waals surface area contributed by atoms with Crippen LogP contribution in [0.4, 0.5) is 13.2 Å². The Balaban J connectivity index is 2.22. The second-order valence-corrected chi connectivity index (χ2v) is 4.30. The van der Waals surface area contributed by atoms with Crippen molar-refractivity contribution in [3.05, 3.63) is 59.7 Å². The molecule has 0 aliphatic carbocycles. The van der Waals surface area contributed by atoms with E-state index in [0.717, 1.165) is 6.07 Å². The van der Waals surface area contributed by atoms with Gasteiger partial charge in [0.25, 0.3) is 0 Å². The van der Waals surface area contributed by atoms with Crippen LogP contribution in [0, 0.1) is 0 Å². The number of halogens is 3. The highest BCUT2D eigenvalue weighted by Crippen LogP contribution is 2.29. The summed E-state index contributed by atoms with van der Waals surface area (Å²) in [6.45, 7) is 0. The maximum atomic E-state index is 12.2. The van der Waals surface area contributed by atoms with E-state index in [-0.39, 0.29) is 5.75 Å². The Labute approximate surface area is 119 Å². The zero-order chi connectivity index (χ0) is 15.5. The van der Waals surface area contributed by atoms with E-state index < -0.39 is 12.5 Å². The summed E-state index contributed by atoms with van der Waals surface area (Å²) in [6.07, 6.45) is -5.81. The number of ether oxygens (including phenoxy) is 2. The van der Waals surface area contributed by atoms with Crippen molar-refractivity contribution < 1.29 is 27.8 Å². The van der Waals surface area contributed by atoms with Crippen molar-refractivity contribution >= 4 is 0 Å². The molecule has 0 bridgehead atoms. The van der Waals surface area contributed by atoms with E-state index in [4.69, 9.17) is 4.74 Å². The van der Waals surface area contributed by atoms with Crippen molar-refractivity contribution in [1.82, 2.24) is 0 Å². The van der Waals surface area contributed by atoms with Gasteiger partial charge in [-0.1, -0.05) is 24.3 Å². The lowest BCUT2D eigenvalue weighted by Crippen LogP contribution is -2.17. The Morgan fingerprint density at radius 2 is 1.62 bits per heavy atom. The number of aliphatic hydroxyl groups is 1. The summed E-state index contributed by atoms with van der Waals surface area (Å²) in [4.78, 5) is 0. The van der Waals surface area contributed by atoms with E-state index in [0.29, 0.717) is 16.9 Å². The van der Waals surface area contributed by atoms with Crippen LogP contribution >= 0.6 is 0 Å². The molecule has 0 saturated carbocycles. The Kier molecular flexibility index (Phi) is 4.37. The molecule has 3 nitrogen and oxygen atoms in total. The summed E-state index contributed by atoms with van der Waals surface area (Å²) in [5.74, 6) is 0.257. The van der Waals surface area contributed by atoms with Crippen molar-refractivity contribution in [3.8, 4) is 11.5 Å². The highest BCUT2D eigenvalue weighted by molar-refractivity contribution is 5.37. The molecule has 0 fully saturated rings. The molecule has 1 unspecified atom stereocenters. The Bertz CT molecular complexity index is 594. The van der Waals surface area contributed by atoms with Gasteiger partial charge in [0.2, 0.25) is 0 Å². The minimum atomic E-state index is -4.76. The molecule has 0 amide bonds. The third-order valence-corrected chi connectivity index (χ3v) is 2.84. The van der Waals surface area contributed by atoms with Crippen LogP contribution in [0.25, 0.3) is 0 Å². The largest absolute Gasteiger partial charge is 0.573 e. The lowest BCUT2D eigenvalue weighted by Gasteiger charge is -2.14. The van der Waals surface area contributed by atoms with Gasteiger partial charge in [0, 0.05) is 0 Å². The van der Waals surface area contributed by atoms with Gasteiger partial charge in [-0.25, -0.2) is 0 Å². The second kappa shape index (κ2) is 6.05. The highest BCUT2D eigenvalue weighted by Gasteiger charge is 2.31. The topological polar surface area (TPSA) is 38.7 Å². The van der Waals surface area contributed by atoms with Crippen molar-refractivity contribution in [1.29, 1.82) is 0 Å². The minimum absolute atomic E-state index is 0.307. The molecule has 112 valence electrons. The molecule has 1 N–H and O–H groups in total. The van der Waals surface area contributed by atoms with Crippen LogP contribution in [-0.4, -0.2) is 18.6 Å². The van der Waals surface area contributed by atoms with Gasteiger partial charge in [-0.15, -0.1) is 13.2 Å². The lowest BCUT2D eigenvalue weighted by molar-refractivity contribution is -0.274. The molecule has 2 aromatic carbocycles. The van der Waals surface area contributed by atoms with Gasteiger partial charge in [0.05, 0.1) is 7.11 Å². The number of alkyl halides is 3. The van der Waals surface area contributed by atoms with Crippen LogP contribution in [0.3, 0.4) is 0 Å². The molecular formula is C15H13F3O3. The monoisotopic (exact) mass is 298 g/mol. The summed E-state index contributed by atoms with van der Waals surface area (Å²) in [5, 5.41) is 10.2. The summed E-state index contributed by atoms with van der Waals surface area (Å²) in [5.41, 5.74) is 0.849. The first-order valence-electron chi connectivity index (χ1n) is 6.07. The first-order chi connectivity index (χ1) is 9.89. The molecule has 0 aromatic heterocycles. The molecule has 0 aliphatic heterocycles. The zero-order valence-corrected chi connectivity index (χ0v) is 11.1. The standard InChI is InChI=1S/C15H13F3O3/c1-20-12-7-5-10(6-8-12)14(19)11-3-2-4-13(9-11)21-15(16,17)18/h2-9,14,19H,1H3. The van der Waals surface area contributed by atoms with Crippen molar-refractivity contribution in [2.24, 2.45) is 0 Å². The predicted molar refractivity (Wildman–Crippen MR) is 70.2 cm³/mol. The number of rotatable bonds is 4. The molecule has 6 heteroatoms. The van der Waals surface area contributed by atoms with Crippen LogP contribution in [0.15, 0.2) is 48.5 Å². The number of aliphatic hydroxyl groups excluding tert-OH is 1. The first kappa shape index (κ1) is 15.2. The van der Waals surface area contributed by atoms with Gasteiger partial charge < -0.3 is 14.6 Å². The van der Waals surface area contributed by atoms with E-state index in [1.807, 2.05) is 0 Å². The van der Waals surface area contributed by atoms with Gasteiger partial charge in [-0.2, -0.15) is 0 Å². The molecule has 1 atom stereocenters. The van der Waals surface area contributed by atoms with Gasteiger partial charge in [0.1, 0.15) is 17.6 Å². The van der Waals surface area contributed by atoms with Gasteiger partial charge in [-0.3, -0.25) is 0 Å². The maximum absolute atomic E-state index is 12.2. The van der Waals surface area contributed by atoms with E-state index in [1.165, 1.54) is 25.3 Å². The summed E-state index contributed by atoms with van der Waals surface area (Å²) in [7, 11) is 1.52. The zero-order valence-electron chi connectivity index (χ0n) is 11.1. The Hall–Kier alpha value is -2.21. The molecule has 2 aromatic rings. The Morgan fingerprint density at radius 1 is 0.952 bits per heavy atom. The third-order valence-electron chi connectivity index (χ3n) is 2.84. The normalized spacial score (nSPS) is 12.8. The quantitative estimate of drug-likeness (QED) is 0.936. The van der Waals surface area contributed by atoms with Crippen LogP contribution in [0.1, 0.15) is 17.2 Å². The second-order valence-electron chi connectivity index (χ2n) is 4.30. The molecule has 0 radical (unpaired) electrons. The molecular weight excluding hydrogens is 285 g/mol. The predicted octanol–water partition coefficient (Wildman–Crippen LogP) is 3.68. The van der Waals surface area contributed by atoms with E-state index in [9.17, 15) is 18.3 Å². The fourth-order valence-corrected chi connectivity index (χ4v) is 1.86. The fourth-order valence-electron chi connectivity index (χ4n) is 1.86. The molecule has 0 spiro atoms. The molecule has 0 aliphatic rings. The SMILES string of the molecule is COc1ccc(C(O)c2cccc(OC(F)(F)F)c2)cc1. The van der Waals surface area contributed by atoms with E-state index in [1.54, 1.807) is 24.3 Å². The number of hydrogen-bond acceptors (Lipinski definition) is 3. The minimum Gasteiger partial charge on any atom is -0.497 e. The lowest BCUT2D eigenvalue weighted by atomic mass is 10.0. The van der Waals surface area contributed by atoms with Crippen LogP contribution in [0.5, 0.6) is 11.5 Å². The van der Waals surface area contributed by atoms with Crippen LogP contribution in [0.2, 0.25) is 0 Å². The maximum Gasteiger partial charge on any atom is 0.573 e. The molecule has 0 heterocycles. The smallest absolute Gasteiger partial charge is 0.497 e. The molecule has 0 saturated heterocycles. The number of methoxy groups -OCH3 is 1. The van der Waals surface area contributed by atoms with Crippen molar-refractivity contribution in [3.63, 3.8) is 0 Å². The molecule has 21 heavy (non-hydrogen) atoms. The number of benzene rings is 2. The van der Waals surface area contributed by atoms with E-state index >= 15 is 0 Å². The Morgan fingerprint density at radius 3 is 2.19 bits per heavy atom. The fraction of sp³-hybridized carbons (Fsp3) is 0.200. The molecule has 2 rings (SSSR count). The summed E-state index contributed by atoms with van der Waals surface area (Å²) in [6, 6.07) is 11.9. The van der Waals surface area contributed by atoms with Crippen molar-refractivity contribution in [2.45, 2.75) is 12.5 Å². The number of hydrogen-bond donors (Lipinski definition) is 1. The van der Waals surface area contributed by atoms with Crippen molar-refractivity contribution in [2.75, 3.05) is 7.11 Å². The van der Waals surface area contributed by atoms with Gasteiger partial charge in [-0.05, 0) is 35.4 Å². The third kappa shape index (κ3) is 4.13. The van der Waals surface area contributed by atoms with E-state index in [2.05, 4.69) is 4.74 Å². The van der Waals surface area contributed by atoms with Crippen LogP contribution in [-0.2, 0) is 0 Å². The first-order valence-corrected chi connectivity index (χ1v) is 6.07. The average molecular weight is 298 g/mol. The summed E-state index contributed by atoms with van der Waals surface area (Å²) >= 11 is 0. The van der Waals surface area contributed by atoms with Gasteiger partial charge in [0.15, 0.2) is 0 Å².